The van der Waals surface area contributed by atoms with E-state index in [2.05, 4.69) is 5.32 Å². The molecule has 2 fully saturated rings. The van der Waals surface area contributed by atoms with Gasteiger partial charge in [0.25, 0.3) is 17.1 Å². The lowest BCUT2D eigenvalue weighted by Gasteiger charge is -2.26. The minimum Gasteiger partial charge on any atom is -0.493 e. The highest BCUT2D eigenvalue weighted by molar-refractivity contribution is 8.18. The number of ether oxygens (including phenoxy) is 4. The van der Waals surface area contributed by atoms with Crippen LogP contribution in [-0.4, -0.2) is 91.9 Å². The molecule has 2 heterocycles. The van der Waals surface area contributed by atoms with Crippen molar-refractivity contribution in [2.75, 3.05) is 58.5 Å². The number of benzene rings is 2. The maximum atomic E-state index is 13.0. The molecule has 2 aromatic rings. The van der Waals surface area contributed by atoms with Gasteiger partial charge in [-0.25, -0.2) is 4.79 Å². The van der Waals surface area contributed by atoms with Crippen molar-refractivity contribution in [2.24, 2.45) is 0 Å². The van der Waals surface area contributed by atoms with Crippen LogP contribution in [0.4, 0.5) is 10.5 Å². The molecule has 228 valence electrons. The molecule has 2 aromatic carbocycles. The summed E-state index contributed by atoms with van der Waals surface area (Å²) < 4.78 is 21.4. The quantitative estimate of drug-likeness (QED) is 0.287. The lowest BCUT2D eigenvalue weighted by Crippen LogP contribution is -2.43. The highest BCUT2D eigenvalue weighted by Crippen LogP contribution is 2.34. The molecule has 4 amide bonds. The number of morpholine rings is 1. The predicted molar refractivity (Wildman–Crippen MR) is 159 cm³/mol. The first-order chi connectivity index (χ1) is 20.7. The molecule has 1 N–H and O–H groups in total. The van der Waals surface area contributed by atoms with Gasteiger partial charge in [0.15, 0.2) is 18.1 Å². The summed E-state index contributed by atoms with van der Waals surface area (Å²) in [5, 5.41) is 2.12. The summed E-state index contributed by atoms with van der Waals surface area (Å²) in [6.45, 7) is 3.36. The molecule has 0 aromatic heterocycles. The maximum Gasteiger partial charge on any atom is 0.339 e. The van der Waals surface area contributed by atoms with Gasteiger partial charge in [-0.1, -0.05) is 24.6 Å². The Labute approximate surface area is 257 Å². The molecule has 0 bridgehead atoms. The molecule has 43 heavy (non-hydrogen) atoms. The summed E-state index contributed by atoms with van der Waals surface area (Å²) >= 11 is 6.79. The normalized spacial score (nSPS) is 15.9. The van der Waals surface area contributed by atoms with Gasteiger partial charge in [-0.05, 0) is 60.2 Å². The Hall–Kier alpha value is -4.07. The van der Waals surface area contributed by atoms with Crippen molar-refractivity contribution in [1.82, 2.24) is 9.80 Å². The Kier molecular flexibility index (Phi) is 11.0. The monoisotopic (exact) mass is 631 g/mol. The van der Waals surface area contributed by atoms with Crippen LogP contribution in [0.2, 0.25) is 5.02 Å². The van der Waals surface area contributed by atoms with Gasteiger partial charge in [0, 0.05) is 18.8 Å². The van der Waals surface area contributed by atoms with Gasteiger partial charge in [0.2, 0.25) is 5.91 Å². The molecule has 0 atom stereocenters. The number of nitrogens with zero attached hydrogens (tertiary/aromatic N) is 2. The third kappa shape index (κ3) is 8.27. The molecular formula is C29H30ClN3O9S. The highest BCUT2D eigenvalue weighted by atomic mass is 35.5. The van der Waals surface area contributed by atoms with Crippen LogP contribution in [0.3, 0.4) is 0 Å². The summed E-state index contributed by atoms with van der Waals surface area (Å²) in [4.78, 5) is 65.5. The fraction of sp³-hybridized carbons (Fsp3) is 0.345. The number of thioether (sulfide) groups is 1. The van der Waals surface area contributed by atoms with E-state index >= 15 is 0 Å². The molecule has 12 nitrogen and oxygen atoms in total. The zero-order valence-corrected chi connectivity index (χ0v) is 25.1. The number of amides is 4. The van der Waals surface area contributed by atoms with Crippen LogP contribution in [0.5, 0.6) is 11.5 Å². The van der Waals surface area contributed by atoms with Crippen molar-refractivity contribution >= 4 is 64.1 Å². The van der Waals surface area contributed by atoms with Crippen LogP contribution >= 0.6 is 23.4 Å². The van der Waals surface area contributed by atoms with Crippen molar-refractivity contribution in [3.05, 3.63) is 57.5 Å². The number of carbonyl (C=O) groups is 5. The Bertz CT molecular complexity index is 1440. The van der Waals surface area contributed by atoms with Crippen molar-refractivity contribution in [3.63, 3.8) is 0 Å². The smallest absolute Gasteiger partial charge is 0.339 e. The number of hydrogen-bond acceptors (Lipinski definition) is 10. The molecule has 4 rings (SSSR count). The van der Waals surface area contributed by atoms with Gasteiger partial charge in [0.05, 0.1) is 42.4 Å². The maximum absolute atomic E-state index is 13.0. The first kappa shape index (κ1) is 31.9. The van der Waals surface area contributed by atoms with Crippen LogP contribution < -0.4 is 14.8 Å². The number of rotatable bonds is 11. The van der Waals surface area contributed by atoms with Crippen molar-refractivity contribution in [3.8, 4) is 11.5 Å². The second kappa shape index (κ2) is 14.9. The van der Waals surface area contributed by atoms with E-state index in [1.165, 1.54) is 31.4 Å². The number of halogens is 1. The van der Waals surface area contributed by atoms with Gasteiger partial charge < -0.3 is 29.2 Å². The lowest BCUT2D eigenvalue weighted by molar-refractivity contribution is -0.137. The van der Waals surface area contributed by atoms with Crippen LogP contribution in [0.25, 0.3) is 6.08 Å². The summed E-state index contributed by atoms with van der Waals surface area (Å²) in [5.74, 6) is -1.40. The van der Waals surface area contributed by atoms with Crippen molar-refractivity contribution < 1.29 is 42.9 Å². The topological polar surface area (TPSA) is 141 Å². The molecule has 0 radical (unpaired) electrons. The average molecular weight is 632 g/mol. The summed E-state index contributed by atoms with van der Waals surface area (Å²) in [6.07, 6.45) is 2.14. The minimum atomic E-state index is -0.645. The number of anilines is 1. The Morgan fingerprint density at radius 3 is 2.58 bits per heavy atom. The molecule has 0 saturated carbocycles. The Morgan fingerprint density at radius 1 is 1.09 bits per heavy atom. The highest BCUT2D eigenvalue weighted by Gasteiger charge is 2.36. The first-order valence-electron chi connectivity index (χ1n) is 13.4. The lowest BCUT2D eigenvalue weighted by atomic mass is 10.2. The molecule has 2 aliphatic rings. The van der Waals surface area contributed by atoms with Crippen LogP contribution in [0.15, 0.2) is 41.3 Å². The Balaban J connectivity index is 1.38. The largest absolute Gasteiger partial charge is 0.493 e. The van der Waals surface area contributed by atoms with Gasteiger partial charge in [-0.15, -0.1) is 0 Å². The fourth-order valence-corrected chi connectivity index (χ4v) is 5.13. The van der Waals surface area contributed by atoms with E-state index in [9.17, 15) is 24.0 Å². The van der Waals surface area contributed by atoms with Crippen molar-refractivity contribution in [1.29, 1.82) is 0 Å². The van der Waals surface area contributed by atoms with Gasteiger partial charge >= 0.3 is 5.97 Å². The number of methoxy groups -OCH3 is 1. The van der Waals surface area contributed by atoms with E-state index in [4.69, 9.17) is 30.5 Å². The first-order valence-corrected chi connectivity index (χ1v) is 14.6. The van der Waals surface area contributed by atoms with Gasteiger partial charge in [0.1, 0.15) is 6.54 Å². The molecule has 2 saturated heterocycles. The van der Waals surface area contributed by atoms with E-state index in [-0.39, 0.29) is 40.3 Å². The third-order valence-corrected chi connectivity index (χ3v) is 7.52. The van der Waals surface area contributed by atoms with Crippen LogP contribution in [0, 0.1) is 0 Å². The summed E-state index contributed by atoms with van der Waals surface area (Å²) in [7, 11) is 1.44. The average Bonchev–Trinajstić information content (AvgIpc) is 3.27. The van der Waals surface area contributed by atoms with E-state index in [0.29, 0.717) is 61.5 Å². The second-order valence-electron chi connectivity index (χ2n) is 9.34. The zero-order chi connectivity index (χ0) is 30.9. The second-order valence-corrected chi connectivity index (χ2v) is 10.7. The number of hydrogen-bond donors (Lipinski definition) is 1. The standard InChI is InChI=1S/C29H30ClN3O9S/c1-3-10-41-28(37)20-15-19(5-6-21(20)30)31-25(34)16-33-27(36)24(43-29(33)38)14-18-4-7-22(23(13-18)39-2)42-17-26(35)32-8-11-40-12-9-32/h4-7,13-15H,3,8-12,16-17H2,1-2H3,(H,31,34)/b24-14-. The number of esters is 1. The van der Waals surface area contributed by atoms with Gasteiger partial charge in [-0.3, -0.25) is 24.1 Å². The summed E-state index contributed by atoms with van der Waals surface area (Å²) in [5.41, 5.74) is 0.876. The van der Waals surface area contributed by atoms with E-state index in [1.807, 2.05) is 6.92 Å². The minimum absolute atomic E-state index is 0.0811. The van der Waals surface area contributed by atoms with Crippen LogP contribution in [0.1, 0.15) is 29.3 Å². The molecular weight excluding hydrogens is 602 g/mol. The zero-order valence-electron chi connectivity index (χ0n) is 23.6. The van der Waals surface area contributed by atoms with E-state index in [0.717, 1.165) is 4.90 Å². The van der Waals surface area contributed by atoms with Gasteiger partial charge in [-0.2, -0.15) is 0 Å². The fourth-order valence-electron chi connectivity index (χ4n) is 4.10. The molecule has 14 heteroatoms. The third-order valence-electron chi connectivity index (χ3n) is 6.28. The summed E-state index contributed by atoms with van der Waals surface area (Å²) in [6, 6.07) is 9.16. The van der Waals surface area contributed by atoms with Crippen molar-refractivity contribution in [2.45, 2.75) is 13.3 Å². The predicted octanol–water partition coefficient (Wildman–Crippen LogP) is 3.83. The Morgan fingerprint density at radius 2 is 1.86 bits per heavy atom. The van der Waals surface area contributed by atoms with Crippen LogP contribution in [-0.2, 0) is 23.9 Å². The number of imide groups is 1. The van der Waals surface area contributed by atoms with E-state index < -0.39 is 29.6 Å². The SMILES string of the molecule is CCCOC(=O)c1cc(NC(=O)CN2C(=O)S/C(=C\c3ccc(OCC(=O)N4CCOCC4)c(OC)c3)C2=O)ccc1Cl. The number of nitrogens with one attached hydrogen (secondary N) is 1. The molecule has 0 spiro atoms. The van der Waals surface area contributed by atoms with E-state index in [1.54, 1.807) is 23.1 Å². The molecule has 2 aliphatic heterocycles. The molecule has 0 aliphatic carbocycles. The molecule has 0 unspecified atom stereocenters. The number of carbonyl (C=O) groups excluding carboxylic acids is 5.